The van der Waals surface area contributed by atoms with Gasteiger partial charge in [0.15, 0.2) is 0 Å². The van der Waals surface area contributed by atoms with Crippen molar-refractivity contribution >= 4 is 5.84 Å². The van der Waals surface area contributed by atoms with Gasteiger partial charge >= 0.3 is 0 Å². The Labute approximate surface area is 157 Å². The summed E-state index contributed by atoms with van der Waals surface area (Å²) in [5, 5.41) is 0. The van der Waals surface area contributed by atoms with Crippen molar-refractivity contribution in [3.05, 3.63) is 12.2 Å². The van der Waals surface area contributed by atoms with Crippen LogP contribution in [0.25, 0.3) is 0 Å². The van der Waals surface area contributed by atoms with Crippen molar-refractivity contribution in [2.24, 2.45) is 10.7 Å². The SMILES string of the molecule is CCCCCCCCCC/C=C/CCCCCC1=NCCN1CCN. The maximum absolute atomic E-state index is 5.65. The number of nitrogens with zero attached hydrogens (tertiary/aromatic N) is 2. The van der Waals surface area contributed by atoms with Gasteiger partial charge in [-0.15, -0.1) is 0 Å². The molecule has 2 N–H and O–H groups in total. The molecule has 0 unspecified atom stereocenters. The molecule has 1 heterocycles. The Hall–Kier alpha value is -0.830. The summed E-state index contributed by atoms with van der Waals surface area (Å²) >= 11 is 0. The Balaban J connectivity index is 1.83. The smallest absolute Gasteiger partial charge is 0.0990 e. The van der Waals surface area contributed by atoms with Crippen LogP contribution in [-0.2, 0) is 0 Å². The fourth-order valence-corrected chi connectivity index (χ4v) is 3.52. The lowest BCUT2D eigenvalue weighted by molar-refractivity contribution is 0.456. The Morgan fingerprint density at radius 1 is 0.880 bits per heavy atom. The van der Waals surface area contributed by atoms with E-state index in [4.69, 9.17) is 5.73 Å². The maximum atomic E-state index is 5.65. The first-order chi connectivity index (χ1) is 12.4. The average molecular weight is 350 g/mol. The maximum Gasteiger partial charge on any atom is 0.0990 e. The van der Waals surface area contributed by atoms with Crippen LogP contribution in [0.1, 0.15) is 96.8 Å². The van der Waals surface area contributed by atoms with E-state index in [9.17, 15) is 0 Å². The predicted molar refractivity (Wildman–Crippen MR) is 112 cm³/mol. The molecule has 0 atom stereocenters. The molecule has 0 bridgehead atoms. The molecule has 1 aliphatic rings. The molecule has 1 rings (SSSR count). The highest BCUT2D eigenvalue weighted by molar-refractivity contribution is 5.83. The monoisotopic (exact) mass is 349 g/mol. The van der Waals surface area contributed by atoms with Crippen molar-refractivity contribution in [2.45, 2.75) is 96.8 Å². The molecule has 0 aromatic rings. The molecular weight excluding hydrogens is 306 g/mol. The number of unbranched alkanes of at least 4 members (excludes halogenated alkanes) is 11. The number of rotatable bonds is 17. The van der Waals surface area contributed by atoms with Gasteiger partial charge < -0.3 is 10.6 Å². The van der Waals surface area contributed by atoms with E-state index in [2.05, 4.69) is 29.0 Å². The molecule has 0 aromatic carbocycles. The zero-order valence-electron chi connectivity index (χ0n) is 16.9. The molecule has 0 saturated heterocycles. The Morgan fingerprint density at radius 3 is 2.12 bits per heavy atom. The van der Waals surface area contributed by atoms with Gasteiger partial charge in [0.1, 0.15) is 0 Å². The summed E-state index contributed by atoms with van der Waals surface area (Å²) in [5.41, 5.74) is 5.65. The first-order valence-corrected chi connectivity index (χ1v) is 11.0. The van der Waals surface area contributed by atoms with Crippen LogP contribution < -0.4 is 5.73 Å². The lowest BCUT2D eigenvalue weighted by atomic mass is 10.1. The van der Waals surface area contributed by atoms with Gasteiger partial charge in [-0.25, -0.2) is 0 Å². The highest BCUT2D eigenvalue weighted by atomic mass is 15.2. The zero-order chi connectivity index (χ0) is 18.0. The normalized spacial score (nSPS) is 14.6. The van der Waals surface area contributed by atoms with Crippen LogP contribution in [0.4, 0.5) is 0 Å². The van der Waals surface area contributed by atoms with Crippen LogP contribution in [-0.4, -0.2) is 36.9 Å². The highest BCUT2D eigenvalue weighted by Crippen LogP contribution is 2.12. The van der Waals surface area contributed by atoms with E-state index in [0.29, 0.717) is 0 Å². The summed E-state index contributed by atoms with van der Waals surface area (Å²) in [7, 11) is 0. The minimum Gasteiger partial charge on any atom is -0.357 e. The van der Waals surface area contributed by atoms with Crippen LogP contribution in [0, 0.1) is 0 Å². The Morgan fingerprint density at radius 2 is 1.48 bits per heavy atom. The molecule has 146 valence electrons. The third-order valence-electron chi connectivity index (χ3n) is 5.09. The molecule has 25 heavy (non-hydrogen) atoms. The van der Waals surface area contributed by atoms with Crippen molar-refractivity contribution in [1.29, 1.82) is 0 Å². The fourth-order valence-electron chi connectivity index (χ4n) is 3.52. The van der Waals surface area contributed by atoms with Crippen LogP contribution in [0.15, 0.2) is 17.1 Å². The van der Waals surface area contributed by atoms with Crippen molar-refractivity contribution in [3.63, 3.8) is 0 Å². The van der Waals surface area contributed by atoms with Crippen LogP contribution in [0.5, 0.6) is 0 Å². The van der Waals surface area contributed by atoms with E-state index in [1.807, 2.05) is 0 Å². The summed E-state index contributed by atoms with van der Waals surface area (Å²) in [4.78, 5) is 6.98. The van der Waals surface area contributed by atoms with Crippen molar-refractivity contribution in [1.82, 2.24) is 4.90 Å². The third-order valence-corrected chi connectivity index (χ3v) is 5.09. The number of amidine groups is 1. The van der Waals surface area contributed by atoms with Gasteiger partial charge in [0, 0.05) is 26.1 Å². The first-order valence-electron chi connectivity index (χ1n) is 11.0. The standard InChI is InChI=1S/C22H43N3/c1-2-3-4-5-6-7-8-9-10-11-12-13-14-15-16-17-22-24-19-21-25(22)20-18-23/h11-12H,2-10,13-21,23H2,1H3/b12-11+. The van der Waals surface area contributed by atoms with Gasteiger partial charge in [-0.1, -0.05) is 70.4 Å². The highest BCUT2D eigenvalue weighted by Gasteiger charge is 2.14. The van der Waals surface area contributed by atoms with E-state index >= 15 is 0 Å². The van der Waals surface area contributed by atoms with Gasteiger partial charge in [0.05, 0.1) is 12.4 Å². The quantitative estimate of drug-likeness (QED) is 0.270. The first kappa shape index (κ1) is 22.2. The largest absolute Gasteiger partial charge is 0.357 e. The molecule has 0 radical (unpaired) electrons. The summed E-state index contributed by atoms with van der Waals surface area (Å²) in [5.74, 6) is 1.30. The number of aliphatic imine (C=N–C) groups is 1. The van der Waals surface area contributed by atoms with E-state index in [1.165, 1.54) is 89.3 Å². The molecule has 1 aliphatic heterocycles. The van der Waals surface area contributed by atoms with Crippen molar-refractivity contribution in [3.8, 4) is 0 Å². The average Bonchev–Trinajstić information content (AvgIpc) is 3.06. The summed E-state index contributed by atoms with van der Waals surface area (Å²) in [6, 6.07) is 0. The van der Waals surface area contributed by atoms with Gasteiger partial charge in [-0.3, -0.25) is 4.99 Å². The number of hydrogen-bond acceptors (Lipinski definition) is 3. The lowest BCUT2D eigenvalue weighted by Gasteiger charge is -2.19. The molecular formula is C22H43N3. The second-order valence-corrected chi connectivity index (χ2v) is 7.41. The Kier molecular flexibility index (Phi) is 14.8. The minimum absolute atomic E-state index is 0.739. The van der Waals surface area contributed by atoms with Gasteiger partial charge in [-0.2, -0.15) is 0 Å². The molecule has 0 aliphatic carbocycles. The second kappa shape index (κ2) is 16.6. The van der Waals surface area contributed by atoms with Gasteiger partial charge in [0.25, 0.3) is 0 Å². The molecule has 3 nitrogen and oxygen atoms in total. The third kappa shape index (κ3) is 12.2. The number of hydrogen-bond donors (Lipinski definition) is 1. The van der Waals surface area contributed by atoms with Crippen molar-refractivity contribution < 1.29 is 0 Å². The molecule has 0 spiro atoms. The number of allylic oxidation sites excluding steroid dienone is 2. The molecule has 0 amide bonds. The summed E-state index contributed by atoms with van der Waals surface area (Å²) in [6.45, 7) is 6.04. The lowest BCUT2D eigenvalue weighted by Crippen LogP contribution is -2.32. The second-order valence-electron chi connectivity index (χ2n) is 7.41. The topological polar surface area (TPSA) is 41.6 Å². The fraction of sp³-hybridized carbons (Fsp3) is 0.864. The molecule has 0 fully saturated rings. The summed E-state index contributed by atoms with van der Waals surface area (Å²) < 4.78 is 0. The van der Waals surface area contributed by atoms with E-state index in [-0.39, 0.29) is 0 Å². The summed E-state index contributed by atoms with van der Waals surface area (Å²) in [6.07, 6.45) is 23.7. The zero-order valence-corrected chi connectivity index (χ0v) is 16.9. The predicted octanol–water partition coefficient (Wildman–Crippen LogP) is 5.70. The minimum atomic E-state index is 0.739. The van der Waals surface area contributed by atoms with E-state index in [1.54, 1.807) is 0 Å². The van der Waals surface area contributed by atoms with Crippen LogP contribution >= 0.6 is 0 Å². The van der Waals surface area contributed by atoms with Crippen LogP contribution in [0.3, 0.4) is 0 Å². The van der Waals surface area contributed by atoms with E-state index < -0.39 is 0 Å². The van der Waals surface area contributed by atoms with Crippen molar-refractivity contribution in [2.75, 3.05) is 26.2 Å². The molecule has 3 heteroatoms. The Bertz CT molecular complexity index is 349. The van der Waals surface area contributed by atoms with Gasteiger partial charge in [0.2, 0.25) is 0 Å². The van der Waals surface area contributed by atoms with E-state index in [0.717, 1.165) is 32.6 Å². The molecule has 0 aromatic heterocycles. The number of nitrogens with two attached hydrogens (primary N) is 1. The van der Waals surface area contributed by atoms with Gasteiger partial charge in [-0.05, 0) is 32.1 Å². The van der Waals surface area contributed by atoms with Crippen LogP contribution in [0.2, 0.25) is 0 Å². The molecule has 0 saturated carbocycles.